The van der Waals surface area contributed by atoms with Gasteiger partial charge in [-0.05, 0) is 15.9 Å². The first-order chi connectivity index (χ1) is 7.18. The van der Waals surface area contributed by atoms with E-state index in [1.54, 1.807) is 6.07 Å². The van der Waals surface area contributed by atoms with Gasteiger partial charge in [-0.15, -0.1) is 0 Å². The van der Waals surface area contributed by atoms with Crippen molar-refractivity contribution >= 4 is 21.7 Å². The normalized spacial score (nSPS) is 10.7. The monoisotopic (exact) mass is 281 g/mol. The summed E-state index contributed by atoms with van der Waals surface area (Å²) < 4.78 is 28.7. The summed E-state index contributed by atoms with van der Waals surface area (Å²) in [5, 5.41) is 2.91. The van der Waals surface area contributed by atoms with Crippen LogP contribution in [0.3, 0.4) is 0 Å². The second-order valence-corrected chi connectivity index (χ2v) is 3.43. The molecule has 0 aliphatic rings. The van der Waals surface area contributed by atoms with Crippen molar-refractivity contribution in [3.05, 3.63) is 17.0 Å². The molecule has 0 unspecified atom stereocenters. The highest BCUT2D eigenvalue weighted by Crippen LogP contribution is 2.08. The minimum absolute atomic E-state index is 0.214. The molecule has 7 heteroatoms. The van der Waals surface area contributed by atoms with E-state index >= 15 is 0 Å². The predicted molar refractivity (Wildman–Crippen MR) is 55.0 cm³/mol. The van der Waals surface area contributed by atoms with Crippen LogP contribution in [0.25, 0.3) is 0 Å². The summed E-state index contributed by atoms with van der Waals surface area (Å²) in [6.07, 6.45) is -1.02. The maximum atomic E-state index is 11.7. The van der Waals surface area contributed by atoms with Gasteiger partial charge in [-0.3, -0.25) is 0 Å². The zero-order chi connectivity index (χ0) is 11.1. The molecule has 0 aliphatic heterocycles. The molecule has 0 fully saturated rings. The van der Waals surface area contributed by atoms with E-state index in [4.69, 9.17) is 0 Å². The Morgan fingerprint density at radius 3 is 2.93 bits per heavy atom. The van der Waals surface area contributed by atoms with Crippen LogP contribution in [0.15, 0.2) is 17.0 Å². The molecular weight excluding hydrogens is 272 g/mol. The molecule has 0 aliphatic carbocycles. The summed E-state index contributed by atoms with van der Waals surface area (Å²) in [6.45, 7) is 0.108. The van der Waals surface area contributed by atoms with Gasteiger partial charge in [0.25, 0.3) is 6.43 Å². The first-order valence-corrected chi connectivity index (χ1v) is 5.05. The molecule has 0 amide bonds. The summed E-state index contributed by atoms with van der Waals surface area (Å²) >= 11 is 3.18. The Hall–Kier alpha value is -0.820. The number of nitrogens with one attached hydrogen (secondary N) is 1. The molecule has 0 saturated heterocycles. The number of hydrogen-bond donors (Lipinski definition) is 1. The van der Waals surface area contributed by atoms with Gasteiger partial charge in [-0.25, -0.2) is 18.7 Å². The molecule has 0 aromatic carbocycles. The number of anilines is 1. The van der Waals surface area contributed by atoms with Crippen molar-refractivity contribution in [2.75, 3.05) is 25.1 Å². The van der Waals surface area contributed by atoms with Crippen LogP contribution in [0.4, 0.5) is 14.6 Å². The standard InChI is InChI=1S/C8H10BrF2N3O/c9-6-3-8(14-5-13-6)12-1-2-15-4-7(10)11/h3,5,7H,1-2,4H2,(H,12,13,14). The highest BCUT2D eigenvalue weighted by molar-refractivity contribution is 9.10. The van der Waals surface area contributed by atoms with Crippen molar-refractivity contribution in [1.29, 1.82) is 0 Å². The summed E-state index contributed by atoms with van der Waals surface area (Å²) in [6, 6.07) is 1.69. The molecule has 1 N–H and O–H groups in total. The van der Waals surface area contributed by atoms with Gasteiger partial charge in [0.05, 0.1) is 6.61 Å². The highest BCUT2D eigenvalue weighted by Gasteiger charge is 2.01. The first-order valence-electron chi connectivity index (χ1n) is 4.26. The third-order valence-corrected chi connectivity index (χ3v) is 1.86. The first kappa shape index (κ1) is 12.3. The fourth-order valence-electron chi connectivity index (χ4n) is 0.854. The number of halogens is 3. The van der Waals surface area contributed by atoms with Crippen LogP contribution in [-0.2, 0) is 4.74 Å². The third-order valence-electron chi connectivity index (χ3n) is 1.43. The average Bonchev–Trinajstić information content (AvgIpc) is 2.17. The molecule has 15 heavy (non-hydrogen) atoms. The highest BCUT2D eigenvalue weighted by atomic mass is 79.9. The van der Waals surface area contributed by atoms with Gasteiger partial charge in [-0.2, -0.15) is 0 Å². The molecule has 1 rings (SSSR count). The number of ether oxygens (including phenoxy) is 1. The van der Waals surface area contributed by atoms with Gasteiger partial charge in [0.15, 0.2) is 0 Å². The zero-order valence-corrected chi connectivity index (χ0v) is 9.38. The number of alkyl halides is 2. The SMILES string of the molecule is FC(F)COCCNc1cc(Br)ncn1. The Labute approximate surface area is 94.2 Å². The van der Waals surface area contributed by atoms with E-state index in [0.717, 1.165) is 0 Å². The lowest BCUT2D eigenvalue weighted by Crippen LogP contribution is -2.13. The smallest absolute Gasteiger partial charge is 0.261 e. The molecule has 84 valence electrons. The molecule has 4 nitrogen and oxygen atoms in total. The van der Waals surface area contributed by atoms with Crippen LogP contribution >= 0.6 is 15.9 Å². The van der Waals surface area contributed by atoms with E-state index in [-0.39, 0.29) is 6.61 Å². The number of hydrogen-bond acceptors (Lipinski definition) is 4. The topological polar surface area (TPSA) is 47.0 Å². The summed E-state index contributed by atoms with van der Waals surface area (Å²) in [5.74, 6) is 0.623. The van der Waals surface area contributed by atoms with E-state index in [1.165, 1.54) is 6.33 Å². The van der Waals surface area contributed by atoms with Gasteiger partial charge < -0.3 is 10.1 Å². The van der Waals surface area contributed by atoms with Crippen molar-refractivity contribution < 1.29 is 13.5 Å². The quantitative estimate of drug-likeness (QED) is 0.639. The van der Waals surface area contributed by atoms with Crippen molar-refractivity contribution in [3.63, 3.8) is 0 Å². The van der Waals surface area contributed by atoms with E-state index in [9.17, 15) is 8.78 Å². The lowest BCUT2D eigenvalue weighted by atomic mass is 10.5. The Kier molecular flexibility index (Phi) is 5.41. The van der Waals surface area contributed by atoms with Crippen LogP contribution in [0.2, 0.25) is 0 Å². The second kappa shape index (κ2) is 6.62. The van der Waals surface area contributed by atoms with Crippen LogP contribution < -0.4 is 5.32 Å². The fourth-order valence-corrected chi connectivity index (χ4v) is 1.16. The number of rotatable bonds is 6. The molecule has 1 aromatic rings. The number of nitrogens with zero attached hydrogens (tertiary/aromatic N) is 2. The minimum Gasteiger partial charge on any atom is -0.374 e. The molecule has 0 radical (unpaired) electrons. The van der Waals surface area contributed by atoms with E-state index in [0.29, 0.717) is 17.0 Å². The van der Waals surface area contributed by atoms with E-state index in [1.807, 2.05) is 0 Å². The Morgan fingerprint density at radius 2 is 2.27 bits per heavy atom. The molecule has 0 saturated carbocycles. The molecule has 0 spiro atoms. The second-order valence-electron chi connectivity index (χ2n) is 2.62. The molecule has 1 aromatic heterocycles. The predicted octanol–water partition coefficient (Wildman–Crippen LogP) is 1.93. The lowest BCUT2D eigenvalue weighted by Gasteiger charge is -2.05. The Morgan fingerprint density at radius 1 is 1.47 bits per heavy atom. The maximum absolute atomic E-state index is 11.7. The summed E-state index contributed by atoms with van der Waals surface area (Å²) in [5.41, 5.74) is 0. The van der Waals surface area contributed by atoms with Gasteiger partial charge in [-0.1, -0.05) is 0 Å². The third kappa shape index (κ3) is 5.58. The summed E-state index contributed by atoms with van der Waals surface area (Å²) in [7, 11) is 0. The van der Waals surface area contributed by atoms with Crippen LogP contribution in [-0.4, -0.2) is 36.2 Å². The largest absolute Gasteiger partial charge is 0.374 e. The van der Waals surface area contributed by atoms with Crippen molar-refractivity contribution in [3.8, 4) is 0 Å². The Balaban J connectivity index is 2.15. The van der Waals surface area contributed by atoms with Crippen LogP contribution in [0, 0.1) is 0 Å². The molecular formula is C8H10BrF2N3O. The van der Waals surface area contributed by atoms with Crippen LogP contribution in [0.5, 0.6) is 0 Å². The van der Waals surface area contributed by atoms with Crippen molar-refractivity contribution in [2.24, 2.45) is 0 Å². The lowest BCUT2D eigenvalue weighted by molar-refractivity contribution is 0.0215. The average molecular weight is 282 g/mol. The van der Waals surface area contributed by atoms with Gasteiger partial charge in [0.1, 0.15) is 23.4 Å². The summed E-state index contributed by atoms with van der Waals surface area (Å²) in [4.78, 5) is 7.76. The van der Waals surface area contributed by atoms with E-state index < -0.39 is 13.0 Å². The minimum atomic E-state index is -2.42. The van der Waals surface area contributed by atoms with Gasteiger partial charge >= 0.3 is 0 Å². The van der Waals surface area contributed by atoms with Crippen LogP contribution in [0.1, 0.15) is 0 Å². The Bertz CT molecular complexity index is 301. The van der Waals surface area contributed by atoms with Gasteiger partial charge in [0.2, 0.25) is 0 Å². The molecule has 0 bridgehead atoms. The zero-order valence-electron chi connectivity index (χ0n) is 7.79. The van der Waals surface area contributed by atoms with Gasteiger partial charge in [0, 0.05) is 12.6 Å². The van der Waals surface area contributed by atoms with E-state index in [2.05, 4.69) is 36.0 Å². The maximum Gasteiger partial charge on any atom is 0.261 e. The number of aromatic nitrogens is 2. The fraction of sp³-hybridized carbons (Fsp3) is 0.500. The van der Waals surface area contributed by atoms with Crippen molar-refractivity contribution in [2.45, 2.75) is 6.43 Å². The molecule has 0 atom stereocenters. The van der Waals surface area contributed by atoms with Crippen molar-refractivity contribution in [1.82, 2.24) is 9.97 Å². The molecule has 1 heterocycles.